The van der Waals surface area contributed by atoms with Gasteiger partial charge in [0.25, 0.3) is 5.91 Å². The molecule has 2 fully saturated rings. The molecular weight excluding hydrogens is 432 g/mol. The van der Waals surface area contributed by atoms with Crippen molar-refractivity contribution < 1.29 is 24.5 Å². The molecule has 180 valence electrons. The number of aliphatic hydroxyl groups is 2. The van der Waals surface area contributed by atoms with E-state index in [0.29, 0.717) is 25.9 Å². The molecule has 0 radical (unpaired) electrons. The van der Waals surface area contributed by atoms with Crippen molar-refractivity contribution in [2.24, 2.45) is 11.8 Å². The Hall–Kier alpha value is -2.74. The third kappa shape index (κ3) is 3.37. The van der Waals surface area contributed by atoms with Gasteiger partial charge in [0.15, 0.2) is 5.60 Å². The first kappa shape index (κ1) is 23.0. The zero-order valence-electron chi connectivity index (χ0n) is 19.9. The predicted octanol–water partition coefficient (Wildman–Crippen LogP) is 2.97. The van der Waals surface area contributed by atoms with Crippen LogP contribution in [-0.4, -0.2) is 46.9 Å². The van der Waals surface area contributed by atoms with E-state index < -0.39 is 17.3 Å². The van der Waals surface area contributed by atoms with Crippen LogP contribution in [0.25, 0.3) is 0 Å². The Morgan fingerprint density at radius 2 is 1.91 bits per heavy atom. The fraction of sp³-hybridized carbons (Fsp3) is 0.481. The van der Waals surface area contributed by atoms with E-state index in [2.05, 4.69) is 0 Å². The van der Waals surface area contributed by atoms with Gasteiger partial charge in [0.1, 0.15) is 0 Å². The van der Waals surface area contributed by atoms with Crippen LogP contribution in [0.15, 0.2) is 48.5 Å². The van der Waals surface area contributed by atoms with E-state index in [1.807, 2.05) is 55.5 Å². The van der Waals surface area contributed by atoms with Crippen LogP contribution in [0.2, 0.25) is 0 Å². The second kappa shape index (κ2) is 8.18. The summed E-state index contributed by atoms with van der Waals surface area (Å²) in [5.74, 6) is -0.661. The average molecular weight is 465 g/mol. The van der Waals surface area contributed by atoms with Crippen molar-refractivity contribution >= 4 is 23.2 Å². The molecule has 4 atom stereocenters. The molecule has 3 aliphatic heterocycles. The Bertz CT molecular complexity index is 1130. The van der Waals surface area contributed by atoms with Gasteiger partial charge in [0.2, 0.25) is 5.91 Å². The number of ether oxygens (including phenoxy) is 1. The van der Waals surface area contributed by atoms with E-state index in [0.717, 1.165) is 22.5 Å². The van der Waals surface area contributed by atoms with Gasteiger partial charge in [0.05, 0.1) is 23.9 Å². The lowest BCUT2D eigenvalue weighted by atomic mass is 9.71. The third-order valence-electron chi connectivity index (χ3n) is 7.72. The van der Waals surface area contributed by atoms with Crippen LogP contribution < -0.4 is 9.80 Å². The first-order valence-corrected chi connectivity index (χ1v) is 12.0. The first-order chi connectivity index (χ1) is 16.2. The summed E-state index contributed by atoms with van der Waals surface area (Å²) in [6.45, 7) is 6.43. The summed E-state index contributed by atoms with van der Waals surface area (Å²) in [6.07, 6.45) is 0.470. The van der Waals surface area contributed by atoms with Gasteiger partial charge in [-0.3, -0.25) is 9.59 Å². The molecule has 0 bridgehead atoms. The fourth-order valence-corrected chi connectivity index (χ4v) is 6.18. The van der Waals surface area contributed by atoms with E-state index in [9.17, 15) is 19.8 Å². The van der Waals surface area contributed by atoms with Gasteiger partial charge in [-0.25, -0.2) is 0 Å². The Labute approximate surface area is 199 Å². The lowest BCUT2D eigenvalue weighted by Gasteiger charge is -2.34. The zero-order valence-corrected chi connectivity index (χ0v) is 19.9. The van der Waals surface area contributed by atoms with Crippen molar-refractivity contribution in [1.82, 2.24) is 0 Å². The number of hydrogen-bond acceptors (Lipinski definition) is 5. The van der Waals surface area contributed by atoms with Crippen molar-refractivity contribution in [2.45, 2.75) is 57.5 Å². The summed E-state index contributed by atoms with van der Waals surface area (Å²) in [6, 6.07) is 15.4. The number of carbonyl (C=O) groups is 2. The maximum Gasteiger partial charge on any atom is 0.264 e. The highest BCUT2D eigenvalue weighted by atomic mass is 16.5. The van der Waals surface area contributed by atoms with E-state index in [1.54, 1.807) is 23.6 Å². The first-order valence-electron chi connectivity index (χ1n) is 12.0. The topological polar surface area (TPSA) is 90.3 Å². The maximum atomic E-state index is 14.2. The molecule has 2 N–H and O–H groups in total. The fourth-order valence-electron chi connectivity index (χ4n) is 6.18. The molecule has 0 saturated carbocycles. The van der Waals surface area contributed by atoms with Gasteiger partial charge < -0.3 is 24.7 Å². The van der Waals surface area contributed by atoms with E-state index >= 15 is 0 Å². The van der Waals surface area contributed by atoms with Gasteiger partial charge in [-0.1, -0.05) is 37.3 Å². The van der Waals surface area contributed by atoms with Gasteiger partial charge in [-0.2, -0.15) is 0 Å². The summed E-state index contributed by atoms with van der Waals surface area (Å²) >= 11 is 0. The smallest absolute Gasteiger partial charge is 0.264 e. The van der Waals surface area contributed by atoms with Crippen LogP contribution in [0.5, 0.6) is 0 Å². The van der Waals surface area contributed by atoms with Gasteiger partial charge in [-0.05, 0) is 44.0 Å². The zero-order chi connectivity index (χ0) is 24.3. The monoisotopic (exact) mass is 464 g/mol. The predicted molar refractivity (Wildman–Crippen MR) is 128 cm³/mol. The molecule has 3 aliphatic rings. The average Bonchev–Trinajstić information content (AvgIpc) is 3.21. The number of β-lactam (4-membered cyclic amide) rings is 1. The molecule has 3 heterocycles. The van der Waals surface area contributed by atoms with Crippen molar-refractivity contribution in [3.63, 3.8) is 0 Å². The number of rotatable bonds is 6. The molecule has 34 heavy (non-hydrogen) atoms. The number of benzene rings is 2. The Morgan fingerprint density at radius 3 is 2.56 bits per heavy atom. The molecule has 0 aromatic heterocycles. The quantitative estimate of drug-likeness (QED) is 0.642. The lowest BCUT2D eigenvalue weighted by molar-refractivity contribution is -0.146. The van der Waals surface area contributed by atoms with Crippen molar-refractivity contribution in [3.8, 4) is 0 Å². The lowest BCUT2D eigenvalue weighted by Crippen LogP contribution is -2.46. The second-order valence-electron chi connectivity index (χ2n) is 10.2. The second-order valence-corrected chi connectivity index (χ2v) is 10.2. The summed E-state index contributed by atoms with van der Waals surface area (Å²) in [5, 5.41) is 20.6. The SMILES string of the molecule is C[C@@H]1[C@@H](C(C)(C)O)[C@H](CCO)O[C@@]12C(=O)N(Cc1cccc(N3CCC3=O)c1)c1ccccc12. The summed E-state index contributed by atoms with van der Waals surface area (Å²) < 4.78 is 6.55. The summed E-state index contributed by atoms with van der Waals surface area (Å²) in [7, 11) is 0. The van der Waals surface area contributed by atoms with Gasteiger partial charge in [0, 0.05) is 42.7 Å². The third-order valence-corrected chi connectivity index (χ3v) is 7.72. The Morgan fingerprint density at radius 1 is 1.15 bits per heavy atom. The molecular formula is C27H32N2O5. The molecule has 2 saturated heterocycles. The number of aliphatic hydroxyl groups excluding tert-OH is 1. The van der Waals surface area contributed by atoms with E-state index in [4.69, 9.17) is 4.74 Å². The van der Waals surface area contributed by atoms with Crippen molar-refractivity contribution in [3.05, 3.63) is 59.7 Å². The number of nitrogens with zero attached hydrogens (tertiary/aromatic N) is 2. The highest BCUT2D eigenvalue weighted by Crippen LogP contribution is 2.57. The minimum Gasteiger partial charge on any atom is -0.396 e. The standard InChI is InChI=1S/C27H32N2O5/c1-17-24(26(2,3)33)22(12-14-30)34-27(17)20-9-4-5-10-21(20)29(25(27)32)16-18-7-6-8-19(15-18)28-13-11-23(28)31/h4-10,15,17,22,24,30,33H,11-14,16H2,1-3H3/t17-,22+,24-,27+/m1/s1. The molecule has 7 heteroatoms. The van der Waals surface area contributed by atoms with Crippen LogP contribution in [0.4, 0.5) is 11.4 Å². The molecule has 2 aromatic carbocycles. The molecule has 2 amide bonds. The van der Waals surface area contributed by atoms with Gasteiger partial charge in [-0.15, -0.1) is 0 Å². The van der Waals surface area contributed by atoms with E-state index in [1.165, 1.54) is 0 Å². The van der Waals surface area contributed by atoms with Crippen molar-refractivity contribution in [1.29, 1.82) is 0 Å². The molecule has 0 unspecified atom stereocenters. The number of anilines is 2. The molecule has 7 nitrogen and oxygen atoms in total. The van der Waals surface area contributed by atoms with Crippen LogP contribution in [0.3, 0.4) is 0 Å². The Balaban J connectivity index is 1.53. The number of carbonyl (C=O) groups excluding carboxylic acids is 2. The maximum absolute atomic E-state index is 14.2. The molecule has 2 aromatic rings. The van der Waals surface area contributed by atoms with E-state index in [-0.39, 0.29) is 30.3 Å². The van der Waals surface area contributed by atoms with Gasteiger partial charge >= 0.3 is 0 Å². The van der Waals surface area contributed by atoms with Crippen LogP contribution in [0.1, 0.15) is 44.7 Å². The van der Waals surface area contributed by atoms with Crippen LogP contribution in [0, 0.1) is 11.8 Å². The highest BCUT2D eigenvalue weighted by molar-refractivity contribution is 6.07. The van der Waals surface area contributed by atoms with Crippen LogP contribution in [-0.2, 0) is 26.5 Å². The number of fused-ring (bicyclic) bond motifs is 2. The highest BCUT2D eigenvalue weighted by Gasteiger charge is 2.65. The largest absolute Gasteiger partial charge is 0.396 e. The minimum absolute atomic E-state index is 0.0817. The summed E-state index contributed by atoms with van der Waals surface area (Å²) in [5.41, 5.74) is 1.07. The Kier molecular flexibility index (Phi) is 5.54. The summed E-state index contributed by atoms with van der Waals surface area (Å²) in [4.78, 5) is 29.6. The molecule has 5 rings (SSSR count). The minimum atomic E-state index is -1.22. The normalized spacial score (nSPS) is 28.6. The number of hydrogen-bond donors (Lipinski definition) is 2. The molecule has 1 spiro atoms. The van der Waals surface area contributed by atoms with Crippen molar-refractivity contribution in [2.75, 3.05) is 23.0 Å². The molecule has 0 aliphatic carbocycles. The van der Waals surface area contributed by atoms with Crippen LogP contribution >= 0.6 is 0 Å². The number of amides is 2. The number of para-hydroxylation sites is 1.